The zero-order chi connectivity index (χ0) is 11.1. The summed E-state index contributed by atoms with van der Waals surface area (Å²) >= 11 is 0. The van der Waals surface area contributed by atoms with Gasteiger partial charge in [0, 0.05) is 13.0 Å². The van der Waals surface area contributed by atoms with E-state index in [0.717, 1.165) is 25.1 Å². The first kappa shape index (κ1) is 12.1. The van der Waals surface area contributed by atoms with Gasteiger partial charge in [0.25, 0.3) is 0 Å². The summed E-state index contributed by atoms with van der Waals surface area (Å²) in [6.45, 7) is 3.50. The summed E-state index contributed by atoms with van der Waals surface area (Å²) in [4.78, 5) is 6.21. The number of unbranched alkanes of at least 4 members (excludes halogenated alkanes) is 1. The molecule has 15 heavy (non-hydrogen) atoms. The van der Waals surface area contributed by atoms with Crippen molar-refractivity contribution in [1.82, 2.24) is 15.0 Å². The smallest absolute Gasteiger partial charge is 0.240 e. The fourth-order valence-electron chi connectivity index (χ4n) is 1.27. The van der Waals surface area contributed by atoms with Gasteiger partial charge in [0.2, 0.25) is 5.89 Å². The Kier molecular flexibility index (Phi) is 5.28. The molecule has 1 rings (SSSR count). The second-order valence-electron chi connectivity index (χ2n) is 3.67. The SMILES string of the molecule is CCCCc1noc(CN(C)CCO)n1. The molecule has 0 aliphatic rings. The molecule has 86 valence electrons. The molecule has 0 amide bonds. The van der Waals surface area contributed by atoms with Gasteiger partial charge in [0.05, 0.1) is 13.2 Å². The van der Waals surface area contributed by atoms with E-state index >= 15 is 0 Å². The van der Waals surface area contributed by atoms with Crippen molar-refractivity contribution in [2.75, 3.05) is 20.2 Å². The number of aliphatic hydroxyl groups excluding tert-OH is 1. The van der Waals surface area contributed by atoms with Crippen molar-refractivity contribution in [2.45, 2.75) is 32.7 Å². The van der Waals surface area contributed by atoms with Crippen LogP contribution in [0, 0.1) is 0 Å². The minimum atomic E-state index is 0.146. The Labute approximate surface area is 90.1 Å². The largest absolute Gasteiger partial charge is 0.395 e. The summed E-state index contributed by atoms with van der Waals surface area (Å²) in [6.07, 6.45) is 3.10. The monoisotopic (exact) mass is 213 g/mol. The summed E-state index contributed by atoms with van der Waals surface area (Å²) in [5.74, 6) is 1.40. The van der Waals surface area contributed by atoms with Gasteiger partial charge in [-0.1, -0.05) is 18.5 Å². The van der Waals surface area contributed by atoms with Crippen molar-refractivity contribution in [1.29, 1.82) is 0 Å². The lowest BCUT2D eigenvalue weighted by atomic mass is 10.2. The van der Waals surface area contributed by atoms with Crippen LogP contribution >= 0.6 is 0 Å². The van der Waals surface area contributed by atoms with Crippen LogP contribution in [0.1, 0.15) is 31.5 Å². The Morgan fingerprint density at radius 1 is 1.47 bits per heavy atom. The molecule has 1 N–H and O–H groups in total. The van der Waals surface area contributed by atoms with Gasteiger partial charge in [-0.3, -0.25) is 4.90 Å². The molecule has 1 aromatic rings. The third-order valence-electron chi connectivity index (χ3n) is 2.15. The van der Waals surface area contributed by atoms with Crippen LogP contribution in [0.25, 0.3) is 0 Å². The predicted octanol–water partition coefficient (Wildman–Crippen LogP) is 0.836. The van der Waals surface area contributed by atoms with Gasteiger partial charge < -0.3 is 9.63 Å². The van der Waals surface area contributed by atoms with E-state index in [0.29, 0.717) is 19.0 Å². The van der Waals surface area contributed by atoms with Gasteiger partial charge in [-0.15, -0.1) is 0 Å². The maximum absolute atomic E-state index is 8.73. The van der Waals surface area contributed by atoms with Crippen molar-refractivity contribution < 1.29 is 9.63 Å². The number of rotatable bonds is 7. The highest BCUT2D eigenvalue weighted by Gasteiger charge is 2.08. The minimum Gasteiger partial charge on any atom is -0.395 e. The lowest BCUT2D eigenvalue weighted by molar-refractivity contribution is 0.200. The molecule has 0 atom stereocenters. The van der Waals surface area contributed by atoms with Crippen LogP contribution in [-0.2, 0) is 13.0 Å². The number of aromatic nitrogens is 2. The fraction of sp³-hybridized carbons (Fsp3) is 0.800. The average molecular weight is 213 g/mol. The summed E-state index contributed by atoms with van der Waals surface area (Å²) < 4.78 is 5.09. The maximum Gasteiger partial charge on any atom is 0.240 e. The van der Waals surface area contributed by atoms with E-state index in [1.165, 1.54) is 0 Å². The van der Waals surface area contributed by atoms with E-state index < -0.39 is 0 Å². The van der Waals surface area contributed by atoms with Gasteiger partial charge in [0.15, 0.2) is 5.82 Å². The second-order valence-corrected chi connectivity index (χ2v) is 3.67. The summed E-state index contributed by atoms with van der Waals surface area (Å²) in [5.41, 5.74) is 0. The van der Waals surface area contributed by atoms with Crippen molar-refractivity contribution in [3.63, 3.8) is 0 Å². The van der Waals surface area contributed by atoms with E-state index in [-0.39, 0.29) is 6.61 Å². The normalized spacial score (nSPS) is 11.2. The standard InChI is InChI=1S/C10H19N3O2/c1-3-4-5-9-11-10(15-12-9)8-13(2)6-7-14/h14H,3-8H2,1-2H3. The summed E-state index contributed by atoms with van der Waals surface area (Å²) in [7, 11) is 1.91. The van der Waals surface area contributed by atoms with E-state index in [9.17, 15) is 0 Å². The third kappa shape index (κ3) is 4.40. The topological polar surface area (TPSA) is 62.4 Å². The number of hydrogen-bond donors (Lipinski definition) is 1. The Hall–Kier alpha value is -0.940. The summed E-state index contributed by atoms with van der Waals surface area (Å²) in [6, 6.07) is 0. The number of hydrogen-bond acceptors (Lipinski definition) is 5. The van der Waals surface area contributed by atoms with Gasteiger partial charge in [-0.2, -0.15) is 4.98 Å². The van der Waals surface area contributed by atoms with E-state index in [1.54, 1.807) is 0 Å². The molecule has 1 aromatic heterocycles. The number of nitrogens with zero attached hydrogens (tertiary/aromatic N) is 3. The average Bonchev–Trinajstić information content (AvgIpc) is 2.63. The van der Waals surface area contributed by atoms with Crippen molar-refractivity contribution >= 4 is 0 Å². The van der Waals surface area contributed by atoms with Gasteiger partial charge in [-0.05, 0) is 13.5 Å². The second kappa shape index (κ2) is 6.53. The van der Waals surface area contributed by atoms with Crippen LogP contribution in [0.4, 0.5) is 0 Å². The van der Waals surface area contributed by atoms with Gasteiger partial charge in [-0.25, -0.2) is 0 Å². The highest BCUT2D eigenvalue weighted by Crippen LogP contribution is 2.03. The predicted molar refractivity (Wildman–Crippen MR) is 56.3 cm³/mol. The van der Waals surface area contributed by atoms with Crippen LogP contribution < -0.4 is 0 Å². The summed E-state index contributed by atoms with van der Waals surface area (Å²) in [5, 5.41) is 12.6. The van der Waals surface area contributed by atoms with Crippen LogP contribution in [0.5, 0.6) is 0 Å². The zero-order valence-electron chi connectivity index (χ0n) is 9.44. The van der Waals surface area contributed by atoms with Crippen molar-refractivity contribution in [3.05, 3.63) is 11.7 Å². The quantitative estimate of drug-likeness (QED) is 0.727. The molecule has 0 spiro atoms. The molecule has 0 fully saturated rings. The molecule has 0 saturated heterocycles. The van der Waals surface area contributed by atoms with Crippen LogP contribution in [0.2, 0.25) is 0 Å². The molecule has 0 aliphatic carbocycles. The van der Waals surface area contributed by atoms with Gasteiger partial charge in [0.1, 0.15) is 0 Å². The third-order valence-corrected chi connectivity index (χ3v) is 2.15. The molecule has 5 nitrogen and oxygen atoms in total. The molecule has 0 bridgehead atoms. The first-order valence-corrected chi connectivity index (χ1v) is 5.37. The van der Waals surface area contributed by atoms with E-state index in [4.69, 9.17) is 9.63 Å². The molecule has 5 heteroatoms. The van der Waals surface area contributed by atoms with Gasteiger partial charge >= 0.3 is 0 Å². The van der Waals surface area contributed by atoms with Crippen molar-refractivity contribution in [2.24, 2.45) is 0 Å². The molecular formula is C10H19N3O2. The number of aliphatic hydroxyl groups is 1. The van der Waals surface area contributed by atoms with Crippen LogP contribution in [0.3, 0.4) is 0 Å². The van der Waals surface area contributed by atoms with E-state index in [2.05, 4.69) is 17.1 Å². The highest BCUT2D eigenvalue weighted by atomic mass is 16.5. The number of likely N-dealkylation sites (N-methyl/N-ethyl adjacent to an activating group) is 1. The van der Waals surface area contributed by atoms with Crippen LogP contribution in [0.15, 0.2) is 4.52 Å². The molecule has 0 saturated carbocycles. The Bertz CT molecular complexity index is 275. The van der Waals surface area contributed by atoms with Crippen LogP contribution in [-0.4, -0.2) is 40.3 Å². The van der Waals surface area contributed by atoms with Crippen molar-refractivity contribution in [3.8, 4) is 0 Å². The first-order chi connectivity index (χ1) is 7.26. The maximum atomic E-state index is 8.73. The molecule has 0 aromatic carbocycles. The minimum absolute atomic E-state index is 0.146. The lowest BCUT2D eigenvalue weighted by Crippen LogP contribution is -2.21. The highest BCUT2D eigenvalue weighted by molar-refractivity contribution is 4.86. The molecular weight excluding hydrogens is 194 g/mol. The number of aryl methyl sites for hydroxylation is 1. The molecule has 0 radical (unpaired) electrons. The Morgan fingerprint density at radius 2 is 2.27 bits per heavy atom. The lowest BCUT2D eigenvalue weighted by Gasteiger charge is -2.10. The first-order valence-electron chi connectivity index (χ1n) is 5.37. The molecule has 0 unspecified atom stereocenters. The fourth-order valence-corrected chi connectivity index (χ4v) is 1.27. The molecule has 0 aliphatic heterocycles. The zero-order valence-corrected chi connectivity index (χ0v) is 9.44. The Balaban J connectivity index is 2.38. The van der Waals surface area contributed by atoms with E-state index in [1.807, 2.05) is 11.9 Å². The Morgan fingerprint density at radius 3 is 2.93 bits per heavy atom. The molecule has 1 heterocycles.